The van der Waals surface area contributed by atoms with Gasteiger partial charge in [-0.15, -0.1) is 0 Å². The first kappa shape index (κ1) is 17.9. The Bertz CT molecular complexity index is 636. The number of rotatable bonds is 9. The van der Waals surface area contributed by atoms with Crippen molar-refractivity contribution >= 4 is 11.9 Å². The molecule has 0 aliphatic rings. The first-order valence-electron chi connectivity index (χ1n) is 8.22. The highest BCUT2D eigenvalue weighted by atomic mass is 16.5. The van der Waals surface area contributed by atoms with Gasteiger partial charge in [0.25, 0.3) is 0 Å². The molecule has 1 heterocycles. The summed E-state index contributed by atoms with van der Waals surface area (Å²) < 4.78 is 5.05. The minimum absolute atomic E-state index is 0.0291. The maximum atomic E-state index is 12.0. The summed E-state index contributed by atoms with van der Waals surface area (Å²) in [7, 11) is 0. The lowest BCUT2D eigenvalue weighted by atomic mass is 9.89. The van der Waals surface area contributed by atoms with Gasteiger partial charge >= 0.3 is 6.01 Å². The molecule has 1 aromatic carbocycles. The molecule has 0 saturated carbocycles. The van der Waals surface area contributed by atoms with E-state index in [4.69, 9.17) is 4.52 Å². The van der Waals surface area contributed by atoms with Gasteiger partial charge in [0.05, 0.1) is 12.0 Å². The van der Waals surface area contributed by atoms with Crippen molar-refractivity contribution in [1.82, 2.24) is 15.6 Å². The van der Waals surface area contributed by atoms with Gasteiger partial charge < -0.3 is 9.63 Å². The van der Waals surface area contributed by atoms with Crippen LogP contribution in [0.5, 0.6) is 0 Å². The number of amides is 1. The summed E-state index contributed by atoms with van der Waals surface area (Å²) >= 11 is 0. The van der Waals surface area contributed by atoms with E-state index in [1.807, 2.05) is 44.2 Å². The van der Waals surface area contributed by atoms with Crippen LogP contribution in [-0.4, -0.2) is 26.8 Å². The van der Waals surface area contributed by atoms with Crippen molar-refractivity contribution in [2.24, 2.45) is 0 Å². The molecule has 1 aromatic heterocycles. The van der Waals surface area contributed by atoms with E-state index in [0.717, 1.165) is 18.4 Å². The topological polar surface area (TPSA) is 100 Å². The van der Waals surface area contributed by atoms with Crippen LogP contribution >= 0.6 is 0 Å². The molecule has 0 bridgehead atoms. The predicted molar refractivity (Wildman–Crippen MR) is 90.9 cm³/mol. The molecule has 0 radical (unpaired) electrons. The van der Waals surface area contributed by atoms with Gasteiger partial charge in [-0.25, -0.2) is 5.43 Å². The van der Waals surface area contributed by atoms with Crippen LogP contribution in [0, 0.1) is 0 Å². The third kappa shape index (κ3) is 5.06. The van der Waals surface area contributed by atoms with E-state index in [1.165, 1.54) is 0 Å². The summed E-state index contributed by atoms with van der Waals surface area (Å²) in [6.45, 7) is 3.97. The Kier molecular flexibility index (Phi) is 6.31. The number of hydrogen-bond donors (Lipinski definition) is 3. The van der Waals surface area contributed by atoms with Gasteiger partial charge in [-0.2, -0.15) is 4.98 Å². The Hall–Kier alpha value is -2.41. The Balaban J connectivity index is 1.89. The van der Waals surface area contributed by atoms with Crippen molar-refractivity contribution in [3.63, 3.8) is 0 Å². The number of aliphatic hydroxyl groups is 1. The van der Waals surface area contributed by atoms with Gasteiger partial charge in [0, 0.05) is 5.56 Å². The van der Waals surface area contributed by atoms with Crippen molar-refractivity contribution in [2.45, 2.75) is 51.6 Å². The number of carbonyl (C=O) groups is 1. The number of aromatic nitrogens is 2. The summed E-state index contributed by atoms with van der Waals surface area (Å²) in [5.74, 6) is 0.111. The van der Waals surface area contributed by atoms with E-state index in [1.54, 1.807) is 0 Å². The summed E-state index contributed by atoms with van der Waals surface area (Å²) in [5, 5.41) is 14.3. The van der Waals surface area contributed by atoms with Crippen LogP contribution in [0.4, 0.5) is 6.01 Å². The standard InChI is InChI=1S/C17H24N4O3/c1-3-10-17(23,11-4-2)12-14(22)19-20-16-18-15(21-24-16)13-8-6-5-7-9-13/h5-9,23H,3-4,10-12H2,1-2H3,(H,19,22)(H,18,20,21). The van der Waals surface area contributed by atoms with E-state index < -0.39 is 5.60 Å². The Morgan fingerprint density at radius 3 is 2.50 bits per heavy atom. The monoisotopic (exact) mass is 332 g/mol. The van der Waals surface area contributed by atoms with Crippen LogP contribution in [0.25, 0.3) is 11.4 Å². The smallest absolute Gasteiger partial charge is 0.340 e. The second-order valence-electron chi connectivity index (χ2n) is 5.86. The van der Waals surface area contributed by atoms with Crippen molar-refractivity contribution in [3.8, 4) is 11.4 Å². The quantitative estimate of drug-likeness (QED) is 0.611. The number of hydrazine groups is 1. The minimum atomic E-state index is -0.973. The molecular weight excluding hydrogens is 308 g/mol. The molecule has 0 saturated heterocycles. The molecule has 0 spiro atoms. The maximum Gasteiger partial charge on any atom is 0.340 e. The summed E-state index contributed by atoms with van der Waals surface area (Å²) in [5.41, 5.74) is 4.93. The van der Waals surface area contributed by atoms with E-state index in [2.05, 4.69) is 21.0 Å². The van der Waals surface area contributed by atoms with Gasteiger partial charge in [-0.05, 0) is 12.8 Å². The molecule has 0 fully saturated rings. The fraction of sp³-hybridized carbons (Fsp3) is 0.471. The summed E-state index contributed by atoms with van der Waals surface area (Å²) in [4.78, 5) is 16.2. The highest BCUT2D eigenvalue weighted by Crippen LogP contribution is 2.23. The van der Waals surface area contributed by atoms with Crippen LogP contribution in [0.2, 0.25) is 0 Å². The minimum Gasteiger partial charge on any atom is -0.389 e. The number of anilines is 1. The fourth-order valence-corrected chi connectivity index (χ4v) is 2.68. The van der Waals surface area contributed by atoms with Crippen LogP contribution in [-0.2, 0) is 4.79 Å². The van der Waals surface area contributed by atoms with Crippen LogP contribution in [0.1, 0.15) is 46.0 Å². The Morgan fingerprint density at radius 1 is 1.21 bits per heavy atom. The number of nitrogens with one attached hydrogen (secondary N) is 2. The van der Waals surface area contributed by atoms with Gasteiger partial charge in [-0.1, -0.05) is 62.2 Å². The van der Waals surface area contributed by atoms with E-state index in [-0.39, 0.29) is 18.3 Å². The number of benzene rings is 1. The van der Waals surface area contributed by atoms with Gasteiger partial charge in [0.15, 0.2) is 0 Å². The van der Waals surface area contributed by atoms with Gasteiger partial charge in [0.1, 0.15) is 0 Å². The highest BCUT2D eigenvalue weighted by molar-refractivity contribution is 5.78. The van der Waals surface area contributed by atoms with Crippen molar-refractivity contribution < 1.29 is 14.4 Å². The molecule has 2 rings (SSSR count). The lowest BCUT2D eigenvalue weighted by Gasteiger charge is -2.26. The number of hydrogen-bond acceptors (Lipinski definition) is 6. The molecule has 24 heavy (non-hydrogen) atoms. The van der Waals surface area contributed by atoms with Crippen LogP contribution in [0.15, 0.2) is 34.9 Å². The summed E-state index contributed by atoms with van der Waals surface area (Å²) in [6, 6.07) is 9.48. The molecule has 0 atom stereocenters. The maximum absolute atomic E-state index is 12.0. The van der Waals surface area contributed by atoms with Gasteiger partial charge in [-0.3, -0.25) is 10.2 Å². The molecule has 3 N–H and O–H groups in total. The normalized spacial score (nSPS) is 11.3. The zero-order chi connectivity index (χ0) is 17.4. The third-order valence-corrected chi connectivity index (χ3v) is 3.69. The second-order valence-corrected chi connectivity index (χ2v) is 5.86. The second kappa shape index (κ2) is 8.44. The number of carbonyl (C=O) groups excluding carboxylic acids is 1. The average molecular weight is 332 g/mol. The van der Waals surface area contributed by atoms with Crippen molar-refractivity contribution in [3.05, 3.63) is 30.3 Å². The van der Waals surface area contributed by atoms with Crippen LogP contribution < -0.4 is 10.9 Å². The molecule has 7 nitrogen and oxygen atoms in total. The number of nitrogens with zero attached hydrogens (tertiary/aromatic N) is 2. The molecule has 1 amide bonds. The SMILES string of the molecule is CCCC(O)(CCC)CC(=O)NNc1nc(-c2ccccc2)no1. The highest BCUT2D eigenvalue weighted by Gasteiger charge is 2.28. The van der Waals surface area contributed by atoms with E-state index >= 15 is 0 Å². The molecule has 7 heteroatoms. The zero-order valence-electron chi connectivity index (χ0n) is 14.1. The Labute approximate surface area is 141 Å². The van der Waals surface area contributed by atoms with Gasteiger partial charge in [0.2, 0.25) is 11.7 Å². The first-order valence-corrected chi connectivity index (χ1v) is 8.22. The molecular formula is C17H24N4O3. The lowest BCUT2D eigenvalue weighted by molar-refractivity contribution is -0.126. The zero-order valence-corrected chi connectivity index (χ0v) is 14.1. The van der Waals surface area contributed by atoms with Crippen molar-refractivity contribution in [2.75, 3.05) is 5.43 Å². The van der Waals surface area contributed by atoms with E-state index in [9.17, 15) is 9.90 Å². The van der Waals surface area contributed by atoms with Crippen molar-refractivity contribution in [1.29, 1.82) is 0 Å². The molecule has 2 aromatic rings. The largest absolute Gasteiger partial charge is 0.389 e. The van der Waals surface area contributed by atoms with Crippen LogP contribution in [0.3, 0.4) is 0 Å². The molecule has 0 aliphatic heterocycles. The molecule has 0 unspecified atom stereocenters. The fourth-order valence-electron chi connectivity index (χ4n) is 2.68. The predicted octanol–water partition coefficient (Wildman–Crippen LogP) is 2.90. The molecule has 0 aliphatic carbocycles. The molecule has 130 valence electrons. The van der Waals surface area contributed by atoms with E-state index in [0.29, 0.717) is 18.7 Å². The summed E-state index contributed by atoms with van der Waals surface area (Å²) in [6.07, 6.45) is 2.85. The lowest BCUT2D eigenvalue weighted by Crippen LogP contribution is -2.39. The average Bonchev–Trinajstić information content (AvgIpc) is 3.03. The Morgan fingerprint density at radius 2 is 1.88 bits per heavy atom. The first-order chi connectivity index (χ1) is 11.6. The third-order valence-electron chi connectivity index (χ3n) is 3.69.